The third-order valence-electron chi connectivity index (χ3n) is 2.11. The molecule has 1 fully saturated rings. The molecule has 0 amide bonds. The predicted molar refractivity (Wildman–Crippen MR) is 52.9 cm³/mol. The molecule has 0 spiro atoms. The first-order chi connectivity index (χ1) is 6.70. The minimum Gasteiger partial charge on any atom is -0.380 e. The molecule has 0 atom stereocenters. The molecule has 5 heteroatoms. The standard InChI is InChI=1S/C9H7Cl2NO2/c10-6-1-2-12-9(11)7(6)8(13)5-3-14-4-5/h1-2,5H,3-4H2. The predicted octanol–water partition coefficient (Wildman–Crippen LogP) is 2.22. The van der Waals surface area contributed by atoms with Crippen LogP contribution in [0.2, 0.25) is 10.2 Å². The molecular weight excluding hydrogens is 225 g/mol. The quantitative estimate of drug-likeness (QED) is 0.579. The highest BCUT2D eigenvalue weighted by Crippen LogP contribution is 2.27. The van der Waals surface area contributed by atoms with E-state index in [1.54, 1.807) is 6.07 Å². The highest BCUT2D eigenvalue weighted by atomic mass is 35.5. The van der Waals surface area contributed by atoms with E-state index in [0.29, 0.717) is 23.8 Å². The van der Waals surface area contributed by atoms with Gasteiger partial charge >= 0.3 is 0 Å². The van der Waals surface area contributed by atoms with Gasteiger partial charge in [-0.25, -0.2) is 4.98 Å². The second kappa shape index (κ2) is 3.85. The van der Waals surface area contributed by atoms with Gasteiger partial charge in [-0.2, -0.15) is 0 Å². The van der Waals surface area contributed by atoms with Crippen LogP contribution in [0.25, 0.3) is 0 Å². The van der Waals surface area contributed by atoms with Crippen molar-refractivity contribution in [3.8, 4) is 0 Å². The van der Waals surface area contributed by atoms with Gasteiger partial charge in [0.25, 0.3) is 0 Å². The molecule has 2 rings (SSSR count). The number of carbonyl (C=O) groups excluding carboxylic acids is 1. The number of ketones is 1. The van der Waals surface area contributed by atoms with Crippen LogP contribution in [-0.2, 0) is 4.74 Å². The van der Waals surface area contributed by atoms with Crippen molar-refractivity contribution in [3.05, 3.63) is 28.0 Å². The highest BCUT2D eigenvalue weighted by molar-refractivity contribution is 6.39. The van der Waals surface area contributed by atoms with Crippen molar-refractivity contribution >= 4 is 29.0 Å². The van der Waals surface area contributed by atoms with E-state index in [2.05, 4.69) is 4.98 Å². The lowest BCUT2D eigenvalue weighted by Gasteiger charge is -2.24. The Morgan fingerprint density at radius 2 is 2.21 bits per heavy atom. The zero-order valence-corrected chi connectivity index (χ0v) is 8.68. The van der Waals surface area contributed by atoms with E-state index in [9.17, 15) is 4.79 Å². The summed E-state index contributed by atoms with van der Waals surface area (Å²) in [6.07, 6.45) is 1.47. The maximum atomic E-state index is 11.8. The average molecular weight is 232 g/mol. The van der Waals surface area contributed by atoms with E-state index in [-0.39, 0.29) is 16.9 Å². The van der Waals surface area contributed by atoms with Gasteiger partial charge in [0.05, 0.1) is 29.7 Å². The molecule has 1 aromatic rings. The van der Waals surface area contributed by atoms with E-state index < -0.39 is 0 Å². The zero-order chi connectivity index (χ0) is 10.1. The first-order valence-electron chi connectivity index (χ1n) is 4.12. The van der Waals surface area contributed by atoms with E-state index in [1.165, 1.54) is 6.20 Å². The summed E-state index contributed by atoms with van der Waals surface area (Å²) in [5, 5.41) is 0.510. The largest absolute Gasteiger partial charge is 0.380 e. The van der Waals surface area contributed by atoms with Crippen LogP contribution in [-0.4, -0.2) is 24.0 Å². The Labute approximate surface area is 91.0 Å². The molecule has 0 saturated carbocycles. The van der Waals surface area contributed by atoms with Gasteiger partial charge in [0.15, 0.2) is 5.78 Å². The summed E-state index contributed by atoms with van der Waals surface area (Å²) >= 11 is 11.7. The maximum absolute atomic E-state index is 11.8. The summed E-state index contributed by atoms with van der Waals surface area (Å²) in [5.74, 6) is -0.200. The number of ether oxygens (including phenoxy) is 1. The molecule has 74 valence electrons. The number of rotatable bonds is 2. The smallest absolute Gasteiger partial charge is 0.175 e. The second-order valence-electron chi connectivity index (χ2n) is 3.06. The van der Waals surface area contributed by atoms with Crippen LogP contribution in [0.15, 0.2) is 12.3 Å². The number of nitrogens with zero attached hydrogens (tertiary/aromatic N) is 1. The van der Waals surface area contributed by atoms with E-state index in [0.717, 1.165) is 0 Å². The Bertz CT molecular complexity index is 357. The third kappa shape index (κ3) is 1.63. The van der Waals surface area contributed by atoms with Gasteiger partial charge in [0, 0.05) is 6.20 Å². The Kier molecular flexibility index (Phi) is 2.72. The Morgan fingerprint density at radius 3 is 2.71 bits per heavy atom. The van der Waals surface area contributed by atoms with Gasteiger partial charge in [0.1, 0.15) is 5.15 Å². The minimum atomic E-state index is -0.116. The molecule has 3 nitrogen and oxygen atoms in total. The highest BCUT2D eigenvalue weighted by Gasteiger charge is 2.30. The van der Waals surface area contributed by atoms with Crippen LogP contribution in [0.4, 0.5) is 0 Å². The molecular formula is C9H7Cl2NO2. The van der Waals surface area contributed by atoms with Crippen LogP contribution in [0, 0.1) is 5.92 Å². The molecule has 0 aliphatic carbocycles. The second-order valence-corrected chi connectivity index (χ2v) is 3.82. The number of halogens is 2. The average Bonchev–Trinajstić information content (AvgIpc) is 2.00. The summed E-state index contributed by atoms with van der Waals surface area (Å²) < 4.78 is 4.93. The Morgan fingerprint density at radius 1 is 1.50 bits per heavy atom. The minimum absolute atomic E-state index is 0.0839. The van der Waals surface area contributed by atoms with Crippen LogP contribution in [0.1, 0.15) is 10.4 Å². The number of pyridine rings is 1. The maximum Gasteiger partial charge on any atom is 0.175 e. The third-order valence-corrected chi connectivity index (χ3v) is 2.71. The summed E-state index contributed by atoms with van der Waals surface area (Å²) in [6.45, 7) is 0.890. The number of Topliss-reactive ketones (excluding diaryl/α,β-unsaturated/α-hetero) is 1. The molecule has 1 aliphatic rings. The van der Waals surface area contributed by atoms with Crippen LogP contribution in [0.3, 0.4) is 0 Å². The number of carbonyl (C=O) groups is 1. The van der Waals surface area contributed by atoms with Crippen molar-refractivity contribution < 1.29 is 9.53 Å². The van der Waals surface area contributed by atoms with Gasteiger partial charge in [-0.15, -0.1) is 0 Å². The SMILES string of the molecule is O=C(c1c(Cl)ccnc1Cl)C1COC1. The monoisotopic (exact) mass is 231 g/mol. The fourth-order valence-electron chi connectivity index (χ4n) is 1.23. The molecule has 2 heterocycles. The molecule has 0 aromatic carbocycles. The lowest BCUT2D eigenvalue weighted by Crippen LogP contribution is -2.35. The Balaban J connectivity index is 2.34. The zero-order valence-electron chi connectivity index (χ0n) is 7.17. The van der Waals surface area contributed by atoms with E-state index >= 15 is 0 Å². The molecule has 1 saturated heterocycles. The normalized spacial score (nSPS) is 16.4. The summed E-state index contributed by atoms with van der Waals surface area (Å²) in [4.78, 5) is 15.6. The first kappa shape index (κ1) is 9.90. The van der Waals surface area contributed by atoms with Gasteiger partial charge < -0.3 is 4.74 Å². The van der Waals surface area contributed by atoms with Crippen molar-refractivity contribution in [1.29, 1.82) is 0 Å². The van der Waals surface area contributed by atoms with Gasteiger partial charge in [-0.1, -0.05) is 23.2 Å². The van der Waals surface area contributed by atoms with E-state index in [4.69, 9.17) is 27.9 Å². The Hall–Kier alpha value is -0.640. The lowest BCUT2D eigenvalue weighted by atomic mass is 9.97. The van der Waals surface area contributed by atoms with Gasteiger partial charge in [-0.3, -0.25) is 4.79 Å². The molecule has 14 heavy (non-hydrogen) atoms. The van der Waals surface area contributed by atoms with Crippen molar-refractivity contribution in [2.45, 2.75) is 0 Å². The summed E-state index contributed by atoms with van der Waals surface area (Å²) in [7, 11) is 0. The summed E-state index contributed by atoms with van der Waals surface area (Å²) in [5.41, 5.74) is 0.309. The van der Waals surface area contributed by atoms with Crippen molar-refractivity contribution in [2.24, 2.45) is 5.92 Å². The van der Waals surface area contributed by atoms with Gasteiger partial charge in [0.2, 0.25) is 0 Å². The summed E-state index contributed by atoms with van der Waals surface area (Å²) in [6, 6.07) is 1.56. The topological polar surface area (TPSA) is 39.2 Å². The van der Waals surface area contributed by atoms with Crippen molar-refractivity contribution in [2.75, 3.05) is 13.2 Å². The van der Waals surface area contributed by atoms with Crippen LogP contribution in [0.5, 0.6) is 0 Å². The number of hydrogen-bond acceptors (Lipinski definition) is 3. The first-order valence-corrected chi connectivity index (χ1v) is 4.87. The molecule has 0 N–H and O–H groups in total. The van der Waals surface area contributed by atoms with Gasteiger partial charge in [-0.05, 0) is 6.07 Å². The van der Waals surface area contributed by atoms with Crippen LogP contribution >= 0.6 is 23.2 Å². The fraction of sp³-hybridized carbons (Fsp3) is 0.333. The number of aromatic nitrogens is 1. The molecule has 0 unspecified atom stereocenters. The molecule has 1 aliphatic heterocycles. The molecule has 0 radical (unpaired) electrons. The number of hydrogen-bond donors (Lipinski definition) is 0. The van der Waals surface area contributed by atoms with Crippen LogP contribution < -0.4 is 0 Å². The van der Waals surface area contributed by atoms with Crippen molar-refractivity contribution in [3.63, 3.8) is 0 Å². The van der Waals surface area contributed by atoms with E-state index in [1.807, 2.05) is 0 Å². The van der Waals surface area contributed by atoms with Crippen molar-refractivity contribution in [1.82, 2.24) is 4.98 Å². The fourth-order valence-corrected chi connectivity index (χ4v) is 1.76. The lowest BCUT2D eigenvalue weighted by molar-refractivity contribution is -0.0194. The molecule has 0 bridgehead atoms. The molecule has 1 aromatic heterocycles.